The lowest BCUT2D eigenvalue weighted by Gasteiger charge is -2.24. The van der Waals surface area contributed by atoms with Gasteiger partial charge >= 0.3 is 12.1 Å². The minimum atomic E-state index is -1.02. The fourth-order valence-electron chi connectivity index (χ4n) is 1.88. The highest BCUT2D eigenvalue weighted by molar-refractivity contribution is 5.81. The second-order valence-electron chi connectivity index (χ2n) is 6.44. The monoisotopic (exact) mass is 293 g/mol. The maximum atomic E-state index is 11.7. The first-order valence-corrected chi connectivity index (χ1v) is 6.82. The Hall–Kier alpha value is -2.04. The van der Waals surface area contributed by atoms with Crippen molar-refractivity contribution in [2.75, 3.05) is 0 Å². The van der Waals surface area contributed by atoms with Crippen LogP contribution in [0.15, 0.2) is 24.3 Å². The zero-order valence-electron chi connectivity index (χ0n) is 13.2. The topological polar surface area (TPSA) is 75.6 Å². The highest BCUT2D eigenvalue weighted by atomic mass is 16.6. The molecule has 0 fully saturated rings. The van der Waals surface area contributed by atoms with Crippen molar-refractivity contribution in [1.29, 1.82) is 0 Å². The van der Waals surface area contributed by atoms with E-state index < -0.39 is 23.1 Å². The van der Waals surface area contributed by atoms with Crippen molar-refractivity contribution in [2.45, 2.75) is 52.2 Å². The van der Waals surface area contributed by atoms with E-state index in [0.717, 1.165) is 5.56 Å². The Morgan fingerprint density at radius 2 is 1.71 bits per heavy atom. The molecular formula is C16H23NO4. The maximum Gasteiger partial charge on any atom is 0.407 e. The predicted octanol–water partition coefficient (Wildman–Crippen LogP) is 3.07. The molecular weight excluding hydrogens is 270 g/mol. The number of nitrogens with one attached hydrogen (secondary N) is 1. The fourth-order valence-corrected chi connectivity index (χ4v) is 1.88. The molecule has 0 aliphatic carbocycles. The van der Waals surface area contributed by atoms with Crippen LogP contribution in [0.1, 0.15) is 45.7 Å². The van der Waals surface area contributed by atoms with E-state index in [1.807, 2.05) is 6.07 Å². The third kappa shape index (κ3) is 4.77. The molecule has 0 aromatic heterocycles. The van der Waals surface area contributed by atoms with E-state index in [1.54, 1.807) is 52.8 Å². The number of rotatable bonds is 4. The van der Waals surface area contributed by atoms with Gasteiger partial charge in [0.2, 0.25) is 0 Å². The van der Waals surface area contributed by atoms with E-state index in [-0.39, 0.29) is 6.54 Å². The zero-order chi connectivity index (χ0) is 16.3. The molecule has 1 aromatic rings. The molecule has 21 heavy (non-hydrogen) atoms. The first kappa shape index (κ1) is 17.0. The van der Waals surface area contributed by atoms with Crippen LogP contribution in [0.4, 0.5) is 4.79 Å². The largest absolute Gasteiger partial charge is 0.481 e. The van der Waals surface area contributed by atoms with Crippen LogP contribution >= 0.6 is 0 Å². The second-order valence-corrected chi connectivity index (χ2v) is 6.44. The molecule has 5 heteroatoms. The van der Waals surface area contributed by atoms with Gasteiger partial charge in [0, 0.05) is 6.54 Å². The van der Waals surface area contributed by atoms with Crippen molar-refractivity contribution < 1.29 is 19.4 Å². The molecule has 0 heterocycles. The zero-order valence-corrected chi connectivity index (χ0v) is 13.2. The molecule has 0 aliphatic rings. The molecule has 0 spiro atoms. The molecule has 5 nitrogen and oxygen atoms in total. The van der Waals surface area contributed by atoms with Gasteiger partial charge in [0.25, 0.3) is 0 Å². The standard InChI is InChI=1S/C16H23NO4/c1-15(2,3)21-14(20)17-10-11-8-6-7-9-12(11)16(4,5)13(18)19/h6-9H,10H2,1-5H3,(H,17,20)(H,18,19). The lowest BCUT2D eigenvalue weighted by atomic mass is 9.82. The van der Waals surface area contributed by atoms with Crippen molar-refractivity contribution >= 4 is 12.1 Å². The number of benzene rings is 1. The molecule has 116 valence electrons. The lowest BCUT2D eigenvalue weighted by molar-refractivity contribution is -0.142. The van der Waals surface area contributed by atoms with E-state index in [9.17, 15) is 14.7 Å². The van der Waals surface area contributed by atoms with E-state index >= 15 is 0 Å². The number of aliphatic carboxylic acids is 1. The Morgan fingerprint density at radius 1 is 1.14 bits per heavy atom. The number of carboxylic acids is 1. The number of alkyl carbamates (subject to hydrolysis) is 1. The number of amides is 1. The Bertz CT molecular complexity index is 529. The molecule has 0 bridgehead atoms. The third-order valence-corrected chi connectivity index (χ3v) is 3.05. The summed E-state index contributed by atoms with van der Waals surface area (Å²) in [5.41, 5.74) is -0.153. The van der Waals surface area contributed by atoms with Crippen molar-refractivity contribution in [3.8, 4) is 0 Å². The summed E-state index contributed by atoms with van der Waals surface area (Å²) in [7, 11) is 0. The van der Waals surface area contributed by atoms with Crippen molar-refractivity contribution in [1.82, 2.24) is 5.32 Å². The van der Waals surface area contributed by atoms with Gasteiger partial charge in [0.05, 0.1) is 5.41 Å². The summed E-state index contributed by atoms with van der Waals surface area (Å²) in [4.78, 5) is 23.1. The Labute approximate surface area is 125 Å². The minimum absolute atomic E-state index is 0.224. The Morgan fingerprint density at radius 3 is 2.24 bits per heavy atom. The van der Waals surface area contributed by atoms with Crippen molar-refractivity contribution in [2.24, 2.45) is 0 Å². The van der Waals surface area contributed by atoms with E-state index in [4.69, 9.17) is 4.74 Å². The number of ether oxygens (including phenoxy) is 1. The minimum Gasteiger partial charge on any atom is -0.481 e. The van der Waals surface area contributed by atoms with Crippen LogP contribution in [-0.4, -0.2) is 22.8 Å². The van der Waals surface area contributed by atoms with Crippen LogP contribution in [0, 0.1) is 0 Å². The molecule has 1 rings (SSSR count). The van der Waals surface area contributed by atoms with Gasteiger partial charge in [-0.3, -0.25) is 4.79 Å². The van der Waals surface area contributed by atoms with Gasteiger partial charge in [0.15, 0.2) is 0 Å². The summed E-state index contributed by atoms with van der Waals surface area (Å²) >= 11 is 0. The van der Waals surface area contributed by atoms with Crippen molar-refractivity contribution in [3.63, 3.8) is 0 Å². The SMILES string of the molecule is CC(C)(C)OC(=O)NCc1ccccc1C(C)(C)C(=O)O. The summed E-state index contributed by atoms with van der Waals surface area (Å²) in [5.74, 6) is -0.910. The normalized spacial score (nSPS) is 11.9. The number of hydrogen-bond donors (Lipinski definition) is 2. The average Bonchev–Trinajstić information content (AvgIpc) is 2.34. The van der Waals surface area contributed by atoms with Gasteiger partial charge in [-0.25, -0.2) is 4.79 Å². The van der Waals surface area contributed by atoms with Gasteiger partial charge in [-0.1, -0.05) is 24.3 Å². The molecule has 2 N–H and O–H groups in total. The van der Waals surface area contributed by atoms with Gasteiger partial charge in [-0.15, -0.1) is 0 Å². The summed E-state index contributed by atoms with van der Waals surface area (Å²) in [6.07, 6.45) is -0.523. The fraction of sp³-hybridized carbons (Fsp3) is 0.500. The molecule has 0 radical (unpaired) electrons. The first-order chi connectivity index (χ1) is 9.54. The second kappa shape index (κ2) is 6.16. The smallest absolute Gasteiger partial charge is 0.407 e. The number of carboxylic acid groups (broad SMARTS) is 1. The number of carbonyl (C=O) groups excluding carboxylic acids is 1. The molecule has 0 saturated heterocycles. The average molecular weight is 293 g/mol. The van der Waals surface area contributed by atoms with Gasteiger partial charge < -0.3 is 15.2 Å². The summed E-state index contributed by atoms with van der Waals surface area (Å²) in [6.45, 7) is 8.86. The molecule has 0 aliphatic heterocycles. The highest BCUT2D eigenvalue weighted by Gasteiger charge is 2.31. The van der Waals surface area contributed by atoms with Crippen LogP contribution in [0.25, 0.3) is 0 Å². The lowest BCUT2D eigenvalue weighted by Crippen LogP contribution is -2.34. The van der Waals surface area contributed by atoms with Gasteiger partial charge in [0.1, 0.15) is 5.60 Å². The Balaban J connectivity index is 2.86. The van der Waals surface area contributed by atoms with E-state index in [2.05, 4.69) is 5.32 Å². The van der Waals surface area contributed by atoms with E-state index in [1.165, 1.54) is 0 Å². The molecule has 0 unspecified atom stereocenters. The highest BCUT2D eigenvalue weighted by Crippen LogP contribution is 2.26. The number of hydrogen-bond acceptors (Lipinski definition) is 3. The third-order valence-electron chi connectivity index (χ3n) is 3.05. The predicted molar refractivity (Wildman–Crippen MR) is 80.2 cm³/mol. The molecule has 0 saturated carbocycles. The van der Waals surface area contributed by atoms with Crippen molar-refractivity contribution in [3.05, 3.63) is 35.4 Å². The van der Waals surface area contributed by atoms with E-state index in [0.29, 0.717) is 5.56 Å². The first-order valence-electron chi connectivity index (χ1n) is 6.82. The Kier molecular flexibility index (Phi) is 4.99. The van der Waals surface area contributed by atoms with Crippen LogP contribution in [0.2, 0.25) is 0 Å². The van der Waals surface area contributed by atoms with Gasteiger partial charge in [-0.2, -0.15) is 0 Å². The number of carbonyl (C=O) groups is 2. The summed E-state index contributed by atoms with van der Waals surface area (Å²) < 4.78 is 5.17. The summed E-state index contributed by atoms with van der Waals surface area (Å²) in [5, 5.41) is 12.0. The molecule has 1 aromatic carbocycles. The van der Waals surface area contributed by atoms with Crippen LogP contribution in [0.3, 0.4) is 0 Å². The maximum absolute atomic E-state index is 11.7. The van der Waals surface area contributed by atoms with Crippen LogP contribution in [-0.2, 0) is 21.5 Å². The summed E-state index contributed by atoms with van der Waals surface area (Å²) in [6, 6.07) is 7.17. The quantitative estimate of drug-likeness (QED) is 0.894. The molecule has 1 amide bonds. The van der Waals surface area contributed by atoms with Gasteiger partial charge in [-0.05, 0) is 45.7 Å². The molecule has 0 atom stereocenters. The van der Waals surface area contributed by atoms with Crippen LogP contribution < -0.4 is 5.32 Å². The van der Waals surface area contributed by atoms with Crippen LogP contribution in [0.5, 0.6) is 0 Å².